The molecule has 0 bridgehead atoms. The molecule has 0 fully saturated rings. The lowest BCUT2D eigenvalue weighted by molar-refractivity contribution is 0.355. The molecule has 82 valence electrons. The maximum Gasteiger partial charge on any atom is 0.0991 e. The third-order valence-corrected chi connectivity index (χ3v) is 2.71. The predicted molar refractivity (Wildman–Crippen MR) is 63.4 cm³/mol. The Labute approximate surface area is 92.9 Å². The van der Waals surface area contributed by atoms with Crippen LogP contribution in [0.5, 0.6) is 0 Å². The van der Waals surface area contributed by atoms with Gasteiger partial charge in [0, 0.05) is 6.54 Å². The van der Waals surface area contributed by atoms with E-state index in [9.17, 15) is 0 Å². The van der Waals surface area contributed by atoms with E-state index in [1.807, 2.05) is 0 Å². The average molecular weight is 204 g/mol. The first-order valence-corrected chi connectivity index (χ1v) is 5.76. The van der Waals surface area contributed by atoms with Crippen molar-refractivity contribution >= 4 is 0 Å². The topological polar surface area (TPSA) is 27.0 Å². The van der Waals surface area contributed by atoms with Crippen LogP contribution in [0.15, 0.2) is 23.3 Å². The second-order valence-corrected chi connectivity index (χ2v) is 4.13. The quantitative estimate of drug-likeness (QED) is 0.688. The monoisotopic (exact) mass is 204 g/mol. The van der Waals surface area contributed by atoms with Crippen molar-refractivity contribution < 1.29 is 0 Å². The molecule has 0 atom stereocenters. The molecule has 0 unspecified atom stereocenters. The summed E-state index contributed by atoms with van der Waals surface area (Å²) in [6.07, 6.45) is 8.83. The summed E-state index contributed by atoms with van der Waals surface area (Å²) in [5, 5.41) is 8.97. The Kier molecular flexibility index (Phi) is 5.14. The van der Waals surface area contributed by atoms with Crippen LogP contribution in [-0.4, -0.2) is 25.0 Å². The lowest BCUT2D eigenvalue weighted by Gasteiger charge is -2.19. The van der Waals surface area contributed by atoms with Gasteiger partial charge in [0.1, 0.15) is 0 Å². The van der Waals surface area contributed by atoms with Gasteiger partial charge in [-0.1, -0.05) is 25.5 Å². The van der Waals surface area contributed by atoms with Crippen LogP contribution in [0.1, 0.15) is 32.6 Å². The molecule has 0 saturated heterocycles. The fraction of sp³-hybridized carbons (Fsp3) is 0.615. The van der Waals surface area contributed by atoms with Gasteiger partial charge in [0.25, 0.3) is 0 Å². The number of nitriles is 1. The molecule has 1 rings (SSSR count). The molecule has 2 nitrogen and oxygen atoms in total. The third kappa shape index (κ3) is 3.89. The highest BCUT2D eigenvalue weighted by Gasteiger charge is 2.10. The number of likely N-dealkylation sites (N-methyl/N-ethyl adjacent to an activating group) is 1. The highest BCUT2D eigenvalue weighted by molar-refractivity contribution is 5.44. The van der Waals surface area contributed by atoms with Gasteiger partial charge in [-0.2, -0.15) is 5.26 Å². The Morgan fingerprint density at radius 3 is 2.80 bits per heavy atom. The van der Waals surface area contributed by atoms with Gasteiger partial charge in [0.2, 0.25) is 0 Å². The molecule has 2 heteroatoms. The summed E-state index contributed by atoms with van der Waals surface area (Å²) in [4.78, 5) is 2.30. The van der Waals surface area contributed by atoms with E-state index in [1.54, 1.807) is 0 Å². The van der Waals surface area contributed by atoms with Crippen LogP contribution >= 0.6 is 0 Å². The number of hydrogen-bond donors (Lipinski definition) is 0. The number of rotatable bonds is 5. The Bertz CT molecular complexity index is 294. The molecule has 15 heavy (non-hydrogen) atoms. The minimum absolute atomic E-state index is 0.879. The van der Waals surface area contributed by atoms with Crippen molar-refractivity contribution in [3.8, 4) is 6.07 Å². The maximum atomic E-state index is 8.97. The van der Waals surface area contributed by atoms with Gasteiger partial charge in [0.05, 0.1) is 11.6 Å². The fourth-order valence-electron chi connectivity index (χ4n) is 1.79. The van der Waals surface area contributed by atoms with Crippen LogP contribution in [0.4, 0.5) is 0 Å². The Hall–Kier alpha value is -1.07. The third-order valence-electron chi connectivity index (χ3n) is 2.71. The molecule has 0 amide bonds. The van der Waals surface area contributed by atoms with Crippen molar-refractivity contribution in [2.45, 2.75) is 32.6 Å². The van der Waals surface area contributed by atoms with Crippen LogP contribution in [0.2, 0.25) is 0 Å². The fourth-order valence-corrected chi connectivity index (χ4v) is 1.79. The lowest BCUT2D eigenvalue weighted by atomic mass is 9.98. The van der Waals surface area contributed by atoms with Crippen molar-refractivity contribution in [1.29, 1.82) is 5.26 Å². The summed E-state index contributed by atoms with van der Waals surface area (Å²) < 4.78 is 0. The summed E-state index contributed by atoms with van der Waals surface area (Å²) in [5.41, 5.74) is 2.09. The number of nitrogens with zero attached hydrogens (tertiary/aromatic N) is 2. The molecular formula is C13H20N2. The maximum absolute atomic E-state index is 8.97. The number of hydrogen-bond acceptors (Lipinski definition) is 2. The Morgan fingerprint density at radius 2 is 2.13 bits per heavy atom. The molecular weight excluding hydrogens is 184 g/mol. The zero-order valence-corrected chi connectivity index (χ0v) is 9.79. The summed E-state index contributed by atoms with van der Waals surface area (Å²) in [6, 6.07) is 2.28. The Balaban J connectivity index is 2.47. The predicted octanol–water partition coefficient (Wildman–Crippen LogP) is 2.89. The van der Waals surface area contributed by atoms with Crippen LogP contribution in [0.25, 0.3) is 0 Å². The molecule has 0 aromatic heterocycles. The second-order valence-electron chi connectivity index (χ2n) is 4.13. The zero-order chi connectivity index (χ0) is 11.1. The lowest BCUT2D eigenvalue weighted by Crippen LogP contribution is -2.23. The number of allylic oxidation sites excluding steroid dienone is 2. The highest BCUT2D eigenvalue weighted by atomic mass is 15.1. The second kappa shape index (κ2) is 6.42. The largest absolute Gasteiger partial charge is 0.302 e. The molecule has 0 aliphatic heterocycles. The summed E-state index contributed by atoms with van der Waals surface area (Å²) in [6.45, 7) is 4.24. The van der Waals surface area contributed by atoms with Gasteiger partial charge >= 0.3 is 0 Å². The van der Waals surface area contributed by atoms with Crippen molar-refractivity contribution in [3.63, 3.8) is 0 Å². The van der Waals surface area contributed by atoms with E-state index in [0.717, 1.165) is 31.5 Å². The molecule has 1 aliphatic carbocycles. The van der Waals surface area contributed by atoms with Crippen LogP contribution in [0.3, 0.4) is 0 Å². The van der Waals surface area contributed by atoms with Crippen molar-refractivity contribution in [2.75, 3.05) is 20.1 Å². The molecule has 0 heterocycles. The molecule has 0 saturated carbocycles. The normalized spacial score (nSPS) is 15.9. The average Bonchev–Trinajstić information content (AvgIpc) is 2.27. The van der Waals surface area contributed by atoms with Gasteiger partial charge in [-0.3, -0.25) is 0 Å². The van der Waals surface area contributed by atoms with E-state index in [1.165, 1.54) is 18.4 Å². The van der Waals surface area contributed by atoms with Crippen LogP contribution < -0.4 is 0 Å². The van der Waals surface area contributed by atoms with E-state index in [4.69, 9.17) is 5.26 Å². The molecule has 0 spiro atoms. The minimum atomic E-state index is 0.879. The Morgan fingerprint density at radius 1 is 1.40 bits per heavy atom. The summed E-state index contributed by atoms with van der Waals surface area (Å²) >= 11 is 0. The van der Waals surface area contributed by atoms with E-state index in [2.05, 4.69) is 37.1 Å². The summed E-state index contributed by atoms with van der Waals surface area (Å²) in [5.74, 6) is 0. The zero-order valence-electron chi connectivity index (χ0n) is 9.79. The van der Waals surface area contributed by atoms with Crippen molar-refractivity contribution in [2.24, 2.45) is 0 Å². The first-order chi connectivity index (χ1) is 7.27. The van der Waals surface area contributed by atoms with Gasteiger partial charge in [0.15, 0.2) is 0 Å². The SMILES string of the molecule is CCCCN(C)CC1=CCCC=C1C#N. The molecule has 0 N–H and O–H groups in total. The molecule has 1 aliphatic rings. The van der Waals surface area contributed by atoms with Crippen molar-refractivity contribution in [1.82, 2.24) is 4.90 Å². The van der Waals surface area contributed by atoms with Gasteiger partial charge in [-0.25, -0.2) is 0 Å². The first kappa shape index (κ1) is 12.0. The van der Waals surface area contributed by atoms with Gasteiger partial charge in [-0.05, 0) is 38.4 Å². The first-order valence-electron chi connectivity index (χ1n) is 5.76. The van der Waals surface area contributed by atoms with Gasteiger partial charge < -0.3 is 4.90 Å². The van der Waals surface area contributed by atoms with Crippen molar-refractivity contribution in [3.05, 3.63) is 23.3 Å². The molecule has 0 aromatic rings. The van der Waals surface area contributed by atoms with E-state index >= 15 is 0 Å². The van der Waals surface area contributed by atoms with Crippen LogP contribution in [0, 0.1) is 11.3 Å². The van der Waals surface area contributed by atoms with Gasteiger partial charge in [-0.15, -0.1) is 0 Å². The van der Waals surface area contributed by atoms with E-state index < -0.39 is 0 Å². The molecule has 0 aromatic carbocycles. The minimum Gasteiger partial charge on any atom is -0.302 e. The van der Waals surface area contributed by atoms with E-state index in [-0.39, 0.29) is 0 Å². The van der Waals surface area contributed by atoms with Crippen LogP contribution in [-0.2, 0) is 0 Å². The smallest absolute Gasteiger partial charge is 0.0991 e. The summed E-state index contributed by atoms with van der Waals surface area (Å²) in [7, 11) is 2.13. The number of unbranched alkanes of at least 4 members (excludes halogenated alkanes) is 1. The van der Waals surface area contributed by atoms with E-state index in [0.29, 0.717) is 0 Å². The molecule has 0 radical (unpaired) electrons. The standard InChI is InChI=1S/C13H20N2/c1-3-4-9-15(2)11-13-8-6-5-7-12(13)10-14/h7-8H,3-6,9,11H2,1-2H3. The highest BCUT2D eigenvalue weighted by Crippen LogP contribution is 2.18.